The Morgan fingerprint density at radius 1 is 1.14 bits per heavy atom. The van der Waals surface area contributed by atoms with E-state index in [2.05, 4.69) is 9.97 Å². The summed E-state index contributed by atoms with van der Waals surface area (Å²) in [4.78, 5) is 18.3. The normalized spacial score (nSPS) is 10.5. The van der Waals surface area contributed by atoms with Gasteiger partial charge in [-0.25, -0.2) is 4.98 Å². The number of rotatable bonds is 3. The quantitative estimate of drug-likeness (QED) is 0.687. The second kappa shape index (κ2) is 5.35. The Morgan fingerprint density at radius 3 is 2.38 bits per heavy atom. The summed E-state index contributed by atoms with van der Waals surface area (Å²) in [7, 11) is 0. The van der Waals surface area contributed by atoms with Gasteiger partial charge in [-0.3, -0.25) is 10.1 Å². The predicted octanol–water partition coefficient (Wildman–Crippen LogP) is 2.99. The molecule has 0 spiro atoms. The lowest BCUT2D eigenvalue weighted by atomic mass is 10.1. The Labute approximate surface area is 121 Å². The van der Waals surface area contributed by atoms with Gasteiger partial charge >= 0.3 is 11.6 Å². The number of nitrogens with two attached hydrogens (primary N) is 1. The molecule has 2 aromatic rings. The molecule has 110 valence electrons. The summed E-state index contributed by atoms with van der Waals surface area (Å²) < 4.78 is 5.70. The van der Waals surface area contributed by atoms with E-state index in [4.69, 9.17) is 10.5 Å². The van der Waals surface area contributed by atoms with Crippen molar-refractivity contribution in [1.29, 1.82) is 0 Å². The molecule has 7 nitrogen and oxygen atoms in total. The minimum atomic E-state index is -0.565. The molecule has 1 aromatic heterocycles. The zero-order chi connectivity index (χ0) is 15.7. The van der Waals surface area contributed by atoms with Gasteiger partial charge in [-0.15, -0.1) is 0 Å². The first kappa shape index (κ1) is 14.7. The standard InChI is InChI=1S/C14H16N4O3/c1-7-5-6-8(2)12(9(7)3)21-13-11(18(19)20)10(4)16-14(15)17-13/h5-6H,1-4H3,(H2,15,16,17). The monoisotopic (exact) mass is 288 g/mol. The third-order valence-electron chi connectivity index (χ3n) is 3.30. The van der Waals surface area contributed by atoms with Crippen molar-refractivity contribution in [3.8, 4) is 11.6 Å². The zero-order valence-corrected chi connectivity index (χ0v) is 12.3. The van der Waals surface area contributed by atoms with Crippen LogP contribution in [0, 0.1) is 37.8 Å². The molecule has 0 bridgehead atoms. The van der Waals surface area contributed by atoms with Crippen LogP contribution in [0.1, 0.15) is 22.4 Å². The smallest absolute Gasteiger partial charge is 0.352 e. The predicted molar refractivity (Wildman–Crippen MR) is 78.6 cm³/mol. The fourth-order valence-electron chi connectivity index (χ4n) is 2.02. The zero-order valence-electron chi connectivity index (χ0n) is 12.3. The molecule has 0 amide bonds. The Bertz CT molecular complexity index is 729. The lowest BCUT2D eigenvalue weighted by Crippen LogP contribution is -2.05. The summed E-state index contributed by atoms with van der Waals surface area (Å²) in [6, 6.07) is 3.85. The van der Waals surface area contributed by atoms with E-state index in [1.54, 1.807) is 0 Å². The Kier molecular flexibility index (Phi) is 3.75. The van der Waals surface area contributed by atoms with E-state index in [0.717, 1.165) is 16.7 Å². The van der Waals surface area contributed by atoms with Crippen LogP contribution in [0.5, 0.6) is 11.6 Å². The minimum absolute atomic E-state index is 0.0592. The topological polar surface area (TPSA) is 104 Å². The maximum Gasteiger partial charge on any atom is 0.352 e. The number of anilines is 1. The Morgan fingerprint density at radius 2 is 1.76 bits per heavy atom. The largest absolute Gasteiger partial charge is 0.433 e. The summed E-state index contributed by atoms with van der Waals surface area (Å²) in [5.74, 6) is 0.355. The molecule has 1 aromatic carbocycles. The van der Waals surface area contributed by atoms with Gasteiger partial charge in [-0.05, 0) is 44.4 Å². The second-order valence-corrected chi connectivity index (χ2v) is 4.83. The van der Waals surface area contributed by atoms with Gasteiger partial charge in [-0.2, -0.15) is 4.98 Å². The van der Waals surface area contributed by atoms with Crippen LogP contribution in [0.3, 0.4) is 0 Å². The fraction of sp³-hybridized carbons (Fsp3) is 0.286. The molecule has 0 aliphatic rings. The number of hydrogen-bond acceptors (Lipinski definition) is 6. The van der Waals surface area contributed by atoms with E-state index in [1.807, 2.05) is 32.9 Å². The van der Waals surface area contributed by atoms with Crippen molar-refractivity contribution in [3.05, 3.63) is 44.6 Å². The summed E-state index contributed by atoms with van der Waals surface area (Å²) in [6.07, 6.45) is 0. The number of aryl methyl sites for hydroxylation is 3. The van der Waals surface area contributed by atoms with Crippen LogP contribution in [-0.2, 0) is 0 Å². The van der Waals surface area contributed by atoms with Crippen LogP contribution in [-0.4, -0.2) is 14.9 Å². The van der Waals surface area contributed by atoms with Crippen LogP contribution in [0.25, 0.3) is 0 Å². The van der Waals surface area contributed by atoms with Crippen molar-refractivity contribution in [2.45, 2.75) is 27.7 Å². The lowest BCUT2D eigenvalue weighted by Gasteiger charge is -2.13. The van der Waals surface area contributed by atoms with Crippen LogP contribution >= 0.6 is 0 Å². The third kappa shape index (κ3) is 2.76. The highest BCUT2D eigenvalue weighted by Crippen LogP contribution is 2.35. The lowest BCUT2D eigenvalue weighted by molar-refractivity contribution is -0.386. The van der Waals surface area contributed by atoms with Crippen molar-refractivity contribution >= 4 is 11.6 Å². The van der Waals surface area contributed by atoms with Crippen molar-refractivity contribution in [2.75, 3.05) is 5.73 Å². The molecule has 1 heterocycles. The number of benzene rings is 1. The third-order valence-corrected chi connectivity index (χ3v) is 3.30. The van der Waals surface area contributed by atoms with E-state index in [-0.39, 0.29) is 23.2 Å². The molecule has 0 radical (unpaired) electrons. The molecule has 7 heteroatoms. The van der Waals surface area contributed by atoms with Crippen LogP contribution in [0.4, 0.5) is 11.6 Å². The van der Waals surface area contributed by atoms with Crippen LogP contribution < -0.4 is 10.5 Å². The molecule has 21 heavy (non-hydrogen) atoms. The summed E-state index contributed by atoms with van der Waals surface area (Å²) in [5, 5.41) is 11.2. The Hall–Kier alpha value is -2.70. The van der Waals surface area contributed by atoms with E-state index in [9.17, 15) is 10.1 Å². The number of ether oxygens (including phenoxy) is 1. The van der Waals surface area contributed by atoms with Crippen molar-refractivity contribution in [1.82, 2.24) is 9.97 Å². The molecule has 0 aliphatic carbocycles. The average Bonchev–Trinajstić information content (AvgIpc) is 2.38. The van der Waals surface area contributed by atoms with Gasteiger partial charge in [0.2, 0.25) is 5.95 Å². The van der Waals surface area contributed by atoms with Crippen molar-refractivity contribution < 1.29 is 9.66 Å². The number of hydrogen-bond donors (Lipinski definition) is 1. The van der Waals surface area contributed by atoms with E-state index in [0.29, 0.717) is 5.75 Å². The van der Waals surface area contributed by atoms with Gasteiger partial charge in [0.25, 0.3) is 0 Å². The molecular formula is C14H16N4O3. The average molecular weight is 288 g/mol. The highest BCUT2D eigenvalue weighted by atomic mass is 16.6. The molecule has 2 N–H and O–H groups in total. The van der Waals surface area contributed by atoms with E-state index < -0.39 is 4.92 Å². The SMILES string of the molecule is Cc1ccc(C)c(Oc2nc(N)nc(C)c2[N+](=O)[O-])c1C. The maximum absolute atomic E-state index is 11.2. The van der Waals surface area contributed by atoms with Crippen LogP contribution in [0.2, 0.25) is 0 Å². The number of aromatic nitrogens is 2. The fourth-order valence-corrected chi connectivity index (χ4v) is 2.02. The number of nitrogen functional groups attached to an aromatic ring is 1. The van der Waals surface area contributed by atoms with Gasteiger partial charge in [0.05, 0.1) is 4.92 Å². The Balaban J connectivity index is 2.60. The highest BCUT2D eigenvalue weighted by Gasteiger charge is 2.24. The summed E-state index contributed by atoms with van der Waals surface area (Å²) in [5.41, 5.74) is 8.25. The molecule has 0 fully saturated rings. The molecular weight excluding hydrogens is 272 g/mol. The molecule has 2 rings (SSSR count). The van der Waals surface area contributed by atoms with E-state index >= 15 is 0 Å². The molecule has 0 aliphatic heterocycles. The summed E-state index contributed by atoms with van der Waals surface area (Å²) >= 11 is 0. The first-order chi connectivity index (χ1) is 9.81. The molecule has 0 saturated heterocycles. The molecule has 0 unspecified atom stereocenters. The minimum Gasteiger partial charge on any atom is -0.433 e. The first-order valence-electron chi connectivity index (χ1n) is 6.34. The van der Waals surface area contributed by atoms with Crippen molar-refractivity contribution in [2.24, 2.45) is 0 Å². The first-order valence-corrected chi connectivity index (χ1v) is 6.34. The van der Waals surface area contributed by atoms with Gasteiger partial charge < -0.3 is 10.5 Å². The van der Waals surface area contributed by atoms with Gasteiger partial charge in [-0.1, -0.05) is 12.1 Å². The van der Waals surface area contributed by atoms with E-state index in [1.165, 1.54) is 6.92 Å². The highest BCUT2D eigenvalue weighted by molar-refractivity contribution is 5.52. The maximum atomic E-state index is 11.2. The van der Waals surface area contributed by atoms with Gasteiger partial charge in [0, 0.05) is 0 Å². The number of nitro groups is 1. The van der Waals surface area contributed by atoms with Crippen molar-refractivity contribution in [3.63, 3.8) is 0 Å². The van der Waals surface area contributed by atoms with Crippen LogP contribution in [0.15, 0.2) is 12.1 Å². The molecule has 0 atom stereocenters. The number of nitrogens with zero attached hydrogens (tertiary/aromatic N) is 3. The summed E-state index contributed by atoms with van der Waals surface area (Å²) in [6.45, 7) is 7.19. The van der Waals surface area contributed by atoms with Gasteiger partial charge in [0.1, 0.15) is 11.4 Å². The second-order valence-electron chi connectivity index (χ2n) is 4.83. The molecule has 0 saturated carbocycles. The van der Waals surface area contributed by atoms with Gasteiger partial charge in [0.15, 0.2) is 0 Å².